The molecule has 1 heterocycles. The number of aromatic carboxylic acids is 1. The summed E-state index contributed by atoms with van der Waals surface area (Å²) in [5.74, 6) is -2.88. The van der Waals surface area contributed by atoms with Gasteiger partial charge in [0.05, 0.1) is 12.2 Å². The molecular formula is C14H17NO5S. The van der Waals surface area contributed by atoms with Crippen molar-refractivity contribution < 1.29 is 24.2 Å². The van der Waals surface area contributed by atoms with Gasteiger partial charge >= 0.3 is 17.8 Å². The number of carbonyl (C=O) groups is 3. The quantitative estimate of drug-likeness (QED) is 0.680. The van der Waals surface area contributed by atoms with Crippen LogP contribution >= 0.6 is 11.3 Å². The van der Waals surface area contributed by atoms with Gasteiger partial charge in [-0.15, -0.1) is 11.3 Å². The van der Waals surface area contributed by atoms with Crippen LogP contribution < -0.4 is 4.90 Å². The van der Waals surface area contributed by atoms with Gasteiger partial charge in [-0.05, 0) is 38.2 Å². The number of nitrogens with zero attached hydrogens (tertiary/aromatic N) is 1. The molecule has 0 aromatic carbocycles. The van der Waals surface area contributed by atoms with Gasteiger partial charge in [0.15, 0.2) is 0 Å². The van der Waals surface area contributed by atoms with Crippen molar-refractivity contribution in [3.63, 3.8) is 0 Å². The van der Waals surface area contributed by atoms with E-state index in [1.54, 1.807) is 6.92 Å². The van der Waals surface area contributed by atoms with Crippen LogP contribution in [-0.4, -0.2) is 36.6 Å². The third-order valence-electron chi connectivity index (χ3n) is 3.43. The van der Waals surface area contributed by atoms with Crippen LogP contribution in [0.1, 0.15) is 40.6 Å². The zero-order valence-electron chi connectivity index (χ0n) is 12.0. The number of ether oxygens (including phenoxy) is 1. The standard InChI is InChI=1S/C14H17NO5S/c1-3-20-14(19)11(16)15(2)12-10(13(17)18)8-6-4-5-7-9(8)21-12/h3-7H2,1-2H3,(H,17,18). The van der Waals surface area contributed by atoms with Crippen LogP contribution in [0.5, 0.6) is 0 Å². The summed E-state index contributed by atoms with van der Waals surface area (Å²) in [5.41, 5.74) is 0.951. The van der Waals surface area contributed by atoms with E-state index in [9.17, 15) is 19.5 Å². The number of esters is 1. The van der Waals surface area contributed by atoms with Crippen LogP contribution in [0.15, 0.2) is 0 Å². The number of aryl methyl sites for hydroxylation is 1. The number of thiophene rings is 1. The molecule has 1 amide bonds. The van der Waals surface area contributed by atoms with Crippen molar-refractivity contribution in [2.75, 3.05) is 18.6 Å². The molecule has 2 rings (SSSR count). The lowest BCUT2D eigenvalue weighted by molar-refractivity contribution is -0.153. The van der Waals surface area contributed by atoms with E-state index in [1.807, 2.05) is 0 Å². The van der Waals surface area contributed by atoms with E-state index in [2.05, 4.69) is 4.74 Å². The molecule has 7 heteroatoms. The lowest BCUT2D eigenvalue weighted by Crippen LogP contribution is -2.34. The number of amides is 1. The zero-order chi connectivity index (χ0) is 15.6. The average molecular weight is 311 g/mol. The molecule has 0 aliphatic heterocycles. The predicted molar refractivity (Wildman–Crippen MR) is 78.0 cm³/mol. The highest BCUT2D eigenvalue weighted by molar-refractivity contribution is 7.17. The summed E-state index contributed by atoms with van der Waals surface area (Å²) in [6, 6.07) is 0. The average Bonchev–Trinajstić information content (AvgIpc) is 2.85. The Morgan fingerprint density at radius 1 is 1.29 bits per heavy atom. The summed E-state index contributed by atoms with van der Waals surface area (Å²) in [5, 5.41) is 9.75. The van der Waals surface area contributed by atoms with Crippen LogP contribution in [0.25, 0.3) is 0 Å². The van der Waals surface area contributed by atoms with Crippen molar-refractivity contribution in [3.8, 4) is 0 Å². The van der Waals surface area contributed by atoms with E-state index in [4.69, 9.17) is 0 Å². The van der Waals surface area contributed by atoms with Crippen LogP contribution in [-0.2, 0) is 27.2 Å². The number of hydrogen-bond donors (Lipinski definition) is 1. The number of carboxylic acids is 1. The van der Waals surface area contributed by atoms with Gasteiger partial charge < -0.3 is 9.84 Å². The molecular weight excluding hydrogens is 294 g/mol. The van der Waals surface area contributed by atoms with Crippen molar-refractivity contribution in [1.82, 2.24) is 0 Å². The summed E-state index contributed by atoms with van der Waals surface area (Å²) >= 11 is 1.28. The first-order valence-corrected chi connectivity index (χ1v) is 7.61. The maximum Gasteiger partial charge on any atom is 0.397 e. The molecule has 1 N–H and O–H groups in total. The molecule has 114 valence electrons. The summed E-state index contributed by atoms with van der Waals surface area (Å²) < 4.78 is 4.68. The second-order valence-corrected chi connectivity index (χ2v) is 5.86. The highest BCUT2D eigenvalue weighted by Crippen LogP contribution is 2.39. The van der Waals surface area contributed by atoms with Gasteiger partial charge in [-0.25, -0.2) is 9.59 Å². The lowest BCUT2D eigenvalue weighted by Gasteiger charge is -2.15. The normalized spacial score (nSPS) is 13.4. The molecule has 1 aliphatic rings. The van der Waals surface area contributed by atoms with Crippen LogP contribution in [0.2, 0.25) is 0 Å². The van der Waals surface area contributed by atoms with Crippen LogP contribution in [0, 0.1) is 0 Å². The zero-order valence-corrected chi connectivity index (χ0v) is 12.8. The fourth-order valence-corrected chi connectivity index (χ4v) is 3.77. The first-order valence-electron chi connectivity index (χ1n) is 6.80. The first kappa shape index (κ1) is 15.5. The minimum atomic E-state index is -1.06. The maximum absolute atomic E-state index is 12.0. The molecule has 21 heavy (non-hydrogen) atoms. The molecule has 0 spiro atoms. The molecule has 0 unspecified atom stereocenters. The Labute approximate surface area is 126 Å². The lowest BCUT2D eigenvalue weighted by atomic mass is 9.95. The monoisotopic (exact) mass is 311 g/mol. The molecule has 6 nitrogen and oxygen atoms in total. The minimum absolute atomic E-state index is 0.102. The van der Waals surface area contributed by atoms with Gasteiger partial charge in [-0.1, -0.05) is 0 Å². The van der Waals surface area contributed by atoms with Gasteiger partial charge in [0, 0.05) is 11.9 Å². The van der Waals surface area contributed by atoms with E-state index in [-0.39, 0.29) is 12.2 Å². The van der Waals surface area contributed by atoms with Crippen molar-refractivity contribution in [2.45, 2.75) is 32.6 Å². The molecule has 1 aromatic rings. The highest BCUT2D eigenvalue weighted by Gasteiger charge is 2.31. The predicted octanol–water partition coefficient (Wildman–Crippen LogP) is 1.85. The third kappa shape index (κ3) is 2.92. The number of hydrogen-bond acceptors (Lipinski definition) is 5. The van der Waals surface area contributed by atoms with E-state index < -0.39 is 17.8 Å². The number of fused-ring (bicyclic) bond motifs is 1. The summed E-state index contributed by atoms with van der Waals surface area (Å²) in [4.78, 5) is 37.1. The Kier molecular flexibility index (Phi) is 4.62. The fourth-order valence-electron chi connectivity index (χ4n) is 2.43. The van der Waals surface area contributed by atoms with Crippen LogP contribution in [0.3, 0.4) is 0 Å². The largest absolute Gasteiger partial charge is 0.478 e. The Balaban J connectivity index is 2.39. The molecule has 1 aliphatic carbocycles. The number of carbonyl (C=O) groups excluding carboxylic acids is 2. The third-order valence-corrected chi connectivity index (χ3v) is 4.79. The van der Waals surface area contributed by atoms with Gasteiger partial charge in [0.1, 0.15) is 5.00 Å². The maximum atomic E-state index is 12.0. The molecule has 0 saturated carbocycles. The molecule has 0 radical (unpaired) electrons. The SMILES string of the molecule is CCOC(=O)C(=O)N(C)c1sc2c(c1C(=O)O)CCCC2. The van der Waals surface area contributed by atoms with E-state index in [0.29, 0.717) is 11.4 Å². The molecule has 0 fully saturated rings. The highest BCUT2D eigenvalue weighted by atomic mass is 32.1. The number of carboxylic acid groups (broad SMARTS) is 1. The summed E-state index contributed by atoms with van der Waals surface area (Å²) in [6.45, 7) is 1.71. The Morgan fingerprint density at radius 2 is 1.95 bits per heavy atom. The summed E-state index contributed by atoms with van der Waals surface area (Å²) in [7, 11) is 1.41. The molecule has 0 bridgehead atoms. The van der Waals surface area contributed by atoms with E-state index in [1.165, 1.54) is 18.4 Å². The Hall–Kier alpha value is -1.89. The van der Waals surface area contributed by atoms with Crippen molar-refractivity contribution in [1.29, 1.82) is 0 Å². The second-order valence-electron chi connectivity index (χ2n) is 4.78. The minimum Gasteiger partial charge on any atom is -0.478 e. The number of anilines is 1. The van der Waals surface area contributed by atoms with Crippen molar-refractivity contribution in [2.24, 2.45) is 0 Å². The van der Waals surface area contributed by atoms with Crippen molar-refractivity contribution in [3.05, 3.63) is 16.0 Å². The Bertz CT molecular complexity index is 592. The van der Waals surface area contributed by atoms with E-state index >= 15 is 0 Å². The topological polar surface area (TPSA) is 83.9 Å². The molecule has 0 saturated heterocycles. The molecule has 1 aromatic heterocycles. The fraction of sp³-hybridized carbons (Fsp3) is 0.500. The van der Waals surface area contributed by atoms with Crippen LogP contribution in [0.4, 0.5) is 5.00 Å². The van der Waals surface area contributed by atoms with Gasteiger partial charge in [-0.2, -0.15) is 0 Å². The number of rotatable bonds is 3. The van der Waals surface area contributed by atoms with Gasteiger partial charge in [-0.3, -0.25) is 9.69 Å². The van der Waals surface area contributed by atoms with Gasteiger partial charge in [0.25, 0.3) is 0 Å². The number of likely N-dealkylation sites (N-methyl/N-ethyl adjacent to an activating group) is 1. The first-order chi connectivity index (χ1) is 9.97. The second kappa shape index (κ2) is 6.26. The Morgan fingerprint density at radius 3 is 2.57 bits per heavy atom. The van der Waals surface area contributed by atoms with Crippen molar-refractivity contribution >= 4 is 34.2 Å². The smallest absolute Gasteiger partial charge is 0.397 e. The molecule has 0 atom stereocenters. The summed E-state index contributed by atoms with van der Waals surface area (Å²) in [6.07, 6.45) is 3.48. The van der Waals surface area contributed by atoms with E-state index in [0.717, 1.165) is 34.6 Å². The van der Waals surface area contributed by atoms with Gasteiger partial charge in [0.2, 0.25) is 0 Å².